The topological polar surface area (TPSA) is 102 Å². The summed E-state index contributed by atoms with van der Waals surface area (Å²) in [7, 11) is 0. The van der Waals surface area contributed by atoms with Crippen molar-refractivity contribution in [2.24, 2.45) is 0 Å². The molecule has 1 aromatic carbocycles. The van der Waals surface area contributed by atoms with Gasteiger partial charge in [0, 0.05) is 30.9 Å². The lowest BCUT2D eigenvalue weighted by molar-refractivity contribution is -0.384. The van der Waals surface area contributed by atoms with Crippen LogP contribution in [0.5, 0.6) is 0 Å². The van der Waals surface area contributed by atoms with E-state index in [1.807, 2.05) is 0 Å². The zero-order valence-electron chi connectivity index (χ0n) is 12.8. The van der Waals surface area contributed by atoms with Gasteiger partial charge in [-0.05, 0) is 31.5 Å². The van der Waals surface area contributed by atoms with Crippen LogP contribution in [0.1, 0.15) is 23.3 Å². The van der Waals surface area contributed by atoms with E-state index in [0.717, 1.165) is 25.9 Å². The normalized spacial score (nSPS) is 16.9. The first-order valence-corrected chi connectivity index (χ1v) is 7.45. The van der Waals surface area contributed by atoms with Gasteiger partial charge < -0.3 is 10.6 Å². The Morgan fingerprint density at radius 1 is 1.42 bits per heavy atom. The summed E-state index contributed by atoms with van der Waals surface area (Å²) in [5, 5.41) is 21.2. The fourth-order valence-corrected chi connectivity index (χ4v) is 2.57. The highest BCUT2D eigenvalue weighted by molar-refractivity contribution is 5.92. The standard InChI is InChI=1S/C15H17N5O3.ClH/c21-15(17-11-3-2-7-16-10-11)14-6-8-19(18-14)12-4-1-5-13(9-12)20(22)23;/h1,4-6,8-9,11,16H,2-3,7,10H2,(H,17,21);1H. The summed E-state index contributed by atoms with van der Waals surface area (Å²) in [5.41, 5.74) is 0.817. The summed E-state index contributed by atoms with van der Waals surface area (Å²) < 4.78 is 1.46. The molecule has 128 valence electrons. The SMILES string of the molecule is Cl.O=C(NC1CCCNC1)c1ccn(-c2cccc([N+](=O)[O-])c2)n1. The minimum absolute atomic E-state index is 0. The molecule has 3 rings (SSSR count). The highest BCUT2D eigenvalue weighted by Gasteiger charge is 2.18. The zero-order valence-corrected chi connectivity index (χ0v) is 13.7. The van der Waals surface area contributed by atoms with Crippen LogP contribution in [-0.4, -0.2) is 39.7 Å². The lowest BCUT2D eigenvalue weighted by Crippen LogP contribution is -2.45. The van der Waals surface area contributed by atoms with E-state index < -0.39 is 4.92 Å². The third-order valence-corrected chi connectivity index (χ3v) is 3.76. The van der Waals surface area contributed by atoms with Gasteiger partial charge in [0.05, 0.1) is 10.6 Å². The third kappa shape index (κ3) is 4.09. The molecule has 2 aromatic rings. The number of piperidine rings is 1. The van der Waals surface area contributed by atoms with Crippen molar-refractivity contribution in [2.75, 3.05) is 13.1 Å². The number of non-ortho nitro benzene ring substituents is 1. The van der Waals surface area contributed by atoms with Crippen LogP contribution in [0, 0.1) is 10.1 Å². The van der Waals surface area contributed by atoms with Crippen LogP contribution >= 0.6 is 12.4 Å². The maximum absolute atomic E-state index is 12.2. The highest BCUT2D eigenvalue weighted by Crippen LogP contribution is 2.16. The number of hydrogen-bond donors (Lipinski definition) is 2. The number of nitrogens with zero attached hydrogens (tertiary/aromatic N) is 3. The van der Waals surface area contributed by atoms with Gasteiger partial charge in [-0.2, -0.15) is 5.10 Å². The number of amides is 1. The maximum Gasteiger partial charge on any atom is 0.272 e. The van der Waals surface area contributed by atoms with Gasteiger partial charge >= 0.3 is 0 Å². The second-order valence-corrected chi connectivity index (χ2v) is 5.44. The molecule has 24 heavy (non-hydrogen) atoms. The Kier molecular flexibility index (Phi) is 5.88. The van der Waals surface area contributed by atoms with Gasteiger partial charge in [-0.1, -0.05) is 6.07 Å². The fourth-order valence-electron chi connectivity index (χ4n) is 2.57. The average Bonchev–Trinajstić information content (AvgIpc) is 3.06. The van der Waals surface area contributed by atoms with Crippen molar-refractivity contribution in [3.8, 4) is 5.69 Å². The molecule has 1 aliphatic rings. The van der Waals surface area contributed by atoms with Gasteiger partial charge in [-0.25, -0.2) is 4.68 Å². The smallest absolute Gasteiger partial charge is 0.272 e. The third-order valence-electron chi connectivity index (χ3n) is 3.76. The summed E-state index contributed by atoms with van der Waals surface area (Å²) in [5.74, 6) is -0.233. The molecule has 0 bridgehead atoms. The number of nitrogens with one attached hydrogen (secondary N) is 2. The minimum atomic E-state index is -0.462. The van der Waals surface area contributed by atoms with Gasteiger partial charge in [0.2, 0.25) is 0 Å². The summed E-state index contributed by atoms with van der Waals surface area (Å²) in [6.45, 7) is 1.74. The summed E-state index contributed by atoms with van der Waals surface area (Å²) in [6, 6.07) is 7.83. The van der Waals surface area contributed by atoms with E-state index in [-0.39, 0.29) is 30.0 Å². The van der Waals surface area contributed by atoms with E-state index in [9.17, 15) is 14.9 Å². The fraction of sp³-hybridized carbons (Fsp3) is 0.333. The van der Waals surface area contributed by atoms with Crippen LogP contribution in [0.3, 0.4) is 0 Å². The molecule has 0 radical (unpaired) electrons. The predicted molar refractivity (Wildman–Crippen MR) is 90.8 cm³/mol. The van der Waals surface area contributed by atoms with Gasteiger partial charge in [0.15, 0.2) is 5.69 Å². The largest absolute Gasteiger partial charge is 0.347 e. The molecular formula is C15H18ClN5O3. The maximum atomic E-state index is 12.2. The van der Waals surface area contributed by atoms with Gasteiger partial charge in [-0.3, -0.25) is 14.9 Å². The Hall–Kier alpha value is -2.45. The lowest BCUT2D eigenvalue weighted by Gasteiger charge is -2.23. The molecule has 0 saturated carbocycles. The van der Waals surface area contributed by atoms with Crippen molar-refractivity contribution in [1.82, 2.24) is 20.4 Å². The second kappa shape index (κ2) is 7.89. The van der Waals surface area contributed by atoms with E-state index >= 15 is 0 Å². The van der Waals surface area contributed by atoms with E-state index in [1.165, 1.54) is 16.8 Å². The molecule has 1 unspecified atom stereocenters. The molecule has 8 nitrogen and oxygen atoms in total. The Morgan fingerprint density at radius 2 is 2.25 bits per heavy atom. The number of nitro groups is 1. The van der Waals surface area contributed by atoms with Crippen LogP contribution in [-0.2, 0) is 0 Å². The molecule has 1 aromatic heterocycles. The highest BCUT2D eigenvalue weighted by atomic mass is 35.5. The molecule has 0 spiro atoms. The molecule has 9 heteroatoms. The van der Waals surface area contributed by atoms with E-state index in [0.29, 0.717) is 11.4 Å². The molecule has 1 aliphatic heterocycles. The molecule has 1 saturated heterocycles. The molecule has 2 N–H and O–H groups in total. The monoisotopic (exact) mass is 351 g/mol. The van der Waals surface area contributed by atoms with Crippen molar-refractivity contribution >= 4 is 24.0 Å². The van der Waals surface area contributed by atoms with Crippen LogP contribution in [0.25, 0.3) is 5.69 Å². The molecule has 2 heterocycles. The molecule has 0 aliphatic carbocycles. The van der Waals surface area contributed by atoms with Crippen molar-refractivity contribution in [2.45, 2.75) is 18.9 Å². The van der Waals surface area contributed by atoms with E-state index in [1.54, 1.807) is 24.4 Å². The van der Waals surface area contributed by atoms with E-state index in [2.05, 4.69) is 15.7 Å². The zero-order chi connectivity index (χ0) is 16.2. The van der Waals surface area contributed by atoms with Gasteiger partial charge in [-0.15, -0.1) is 12.4 Å². The molecule has 1 amide bonds. The Bertz CT molecular complexity index is 727. The first kappa shape index (κ1) is 17.9. The Morgan fingerprint density at radius 3 is 2.96 bits per heavy atom. The Balaban J connectivity index is 0.00000208. The minimum Gasteiger partial charge on any atom is -0.347 e. The Labute approximate surface area is 144 Å². The number of benzene rings is 1. The number of aromatic nitrogens is 2. The number of hydrogen-bond acceptors (Lipinski definition) is 5. The molecule has 1 atom stereocenters. The lowest BCUT2D eigenvalue weighted by atomic mass is 10.1. The van der Waals surface area contributed by atoms with Gasteiger partial charge in [0.25, 0.3) is 11.6 Å². The van der Waals surface area contributed by atoms with Crippen LogP contribution < -0.4 is 10.6 Å². The number of nitro benzene ring substituents is 1. The summed E-state index contributed by atoms with van der Waals surface area (Å²) in [6.07, 6.45) is 3.60. The van der Waals surface area contributed by atoms with Crippen LogP contribution in [0.15, 0.2) is 36.5 Å². The summed E-state index contributed by atoms with van der Waals surface area (Å²) >= 11 is 0. The van der Waals surface area contributed by atoms with Crippen molar-refractivity contribution in [3.63, 3.8) is 0 Å². The first-order valence-electron chi connectivity index (χ1n) is 7.45. The number of carbonyl (C=O) groups is 1. The number of halogens is 1. The molecular weight excluding hydrogens is 334 g/mol. The van der Waals surface area contributed by atoms with Crippen LogP contribution in [0.4, 0.5) is 5.69 Å². The molecule has 1 fully saturated rings. The van der Waals surface area contributed by atoms with E-state index in [4.69, 9.17) is 0 Å². The van der Waals surface area contributed by atoms with Crippen molar-refractivity contribution in [3.05, 3.63) is 52.3 Å². The van der Waals surface area contributed by atoms with Crippen LogP contribution in [0.2, 0.25) is 0 Å². The van der Waals surface area contributed by atoms with Gasteiger partial charge in [0.1, 0.15) is 0 Å². The quantitative estimate of drug-likeness (QED) is 0.644. The predicted octanol–water partition coefficient (Wildman–Crippen LogP) is 1.68. The number of carbonyl (C=O) groups excluding carboxylic acids is 1. The first-order chi connectivity index (χ1) is 11.1. The average molecular weight is 352 g/mol. The second-order valence-electron chi connectivity index (χ2n) is 5.44. The number of rotatable bonds is 4. The van der Waals surface area contributed by atoms with Crippen molar-refractivity contribution < 1.29 is 9.72 Å². The summed E-state index contributed by atoms with van der Waals surface area (Å²) in [4.78, 5) is 22.6. The van der Waals surface area contributed by atoms with Crippen molar-refractivity contribution in [1.29, 1.82) is 0 Å².